The average molecular weight is 248 g/mol. The first-order valence-electron chi connectivity index (χ1n) is 5.61. The molecule has 0 saturated carbocycles. The summed E-state index contributed by atoms with van der Waals surface area (Å²) in [6.45, 7) is 0.477. The second-order valence-electron chi connectivity index (χ2n) is 4.07. The van der Waals surface area contributed by atoms with E-state index in [2.05, 4.69) is 5.10 Å². The Hall–Kier alpha value is -2.17. The van der Waals surface area contributed by atoms with Gasteiger partial charge in [-0.1, -0.05) is 12.1 Å². The molecule has 0 saturated heterocycles. The molecule has 1 aromatic carbocycles. The van der Waals surface area contributed by atoms with Crippen molar-refractivity contribution in [1.82, 2.24) is 9.78 Å². The number of hydrogen-bond acceptors (Lipinski definition) is 2. The van der Waals surface area contributed by atoms with Gasteiger partial charge in [0.15, 0.2) is 0 Å². The maximum Gasteiger partial charge on any atom is 0.303 e. The molecule has 0 amide bonds. The first kappa shape index (κ1) is 12.3. The van der Waals surface area contributed by atoms with E-state index in [4.69, 9.17) is 5.11 Å². The Bertz CT molecular complexity index is 551. The molecular formula is C13H13FN2O2. The number of benzene rings is 1. The van der Waals surface area contributed by atoms with Gasteiger partial charge in [-0.2, -0.15) is 5.10 Å². The molecule has 2 aromatic rings. The number of hydrogen-bond donors (Lipinski definition) is 1. The van der Waals surface area contributed by atoms with Crippen molar-refractivity contribution < 1.29 is 14.3 Å². The fraction of sp³-hybridized carbons (Fsp3) is 0.231. The van der Waals surface area contributed by atoms with E-state index in [1.165, 1.54) is 12.1 Å². The third-order valence-electron chi connectivity index (χ3n) is 2.55. The Morgan fingerprint density at radius 2 is 2.22 bits per heavy atom. The molecule has 5 heteroatoms. The van der Waals surface area contributed by atoms with Gasteiger partial charge in [-0.25, -0.2) is 4.39 Å². The van der Waals surface area contributed by atoms with E-state index in [0.29, 0.717) is 13.0 Å². The summed E-state index contributed by atoms with van der Waals surface area (Å²) in [6.07, 6.45) is 3.97. The molecule has 0 fully saturated rings. The van der Waals surface area contributed by atoms with Gasteiger partial charge in [0, 0.05) is 12.6 Å². The average Bonchev–Trinajstić information content (AvgIpc) is 2.74. The largest absolute Gasteiger partial charge is 0.481 e. The third-order valence-corrected chi connectivity index (χ3v) is 2.55. The van der Waals surface area contributed by atoms with Crippen molar-refractivity contribution in [1.29, 1.82) is 0 Å². The van der Waals surface area contributed by atoms with Gasteiger partial charge >= 0.3 is 5.97 Å². The quantitative estimate of drug-likeness (QED) is 0.881. The lowest BCUT2D eigenvalue weighted by Crippen LogP contribution is -2.00. The molecule has 0 atom stereocenters. The summed E-state index contributed by atoms with van der Waals surface area (Å²) >= 11 is 0. The Kier molecular flexibility index (Phi) is 3.72. The van der Waals surface area contributed by atoms with Crippen LogP contribution in [-0.4, -0.2) is 20.9 Å². The molecule has 0 aliphatic heterocycles. The molecule has 1 aromatic heterocycles. The second kappa shape index (κ2) is 5.44. The number of aliphatic carboxylic acids is 1. The van der Waals surface area contributed by atoms with Crippen LogP contribution in [0.4, 0.5) is 4.39 Å². The topological polar surface area (TPSA) is 55.1 Å². The van der Waals surface area contributed by atoms with Crippen LogP contribution >= 0.6 is 0 Å². The monoisotopic (exact) mass is 248 g/mol. The highest BCUT2D eigenvalue weighted by molar-refractivity contribution is 5.67. The van der Waals surface area contributed by atoms with Crippen molar-refractivity contribution in [3.05, 3.63) is 53.6 Å². The Morgan fingerprint density at radius 1 is 1.39 bits per heavy atom. The summed E-state index contributed by atoms with van der Waals surface area (Å²) in [5.41, 5.74) is 1.69. The lowest BCUT2D eigenvalue weighted by molar-refractivity contribution is -0.136. The summed E-state index contributed by atoms with van der Waals surface area (Å²) in [4.78, 5) is 10.4. The third kappa shape index (κ3) is 3.41. The molecule has 1 N–H and O–H groups in total. The van der Waals surface area contributed by atoms with Crippen molar-refractivity contribution in [2.45, 2.75) is 19.4 Å². The van der Waals surface area contributed by atoms with Crippen molar-refractivity contribution in [3.63, 3.8) is 0 Å². The number of nitrogens with zero attached hydrogens (tertiary/aromatic N) is 2. The van der Waals surface area contributed by atoms with Crippen LogP contribution in [0.2, 0.25) is 0 Å². The van der Waals surface area contributed by atoms with Gasteiger partial charge in [0.1, 0.15) is 5.82 Å². The van der Waals surface area contributed by atoms with Crippen molar-refractivity contribution >= 4 is 5.97 Å². The zero-order valence-electron chi connectivity index (χ0n) is 9.71. The van der Waals surface area contributed by atoms with Gasteiger partial charge in [-0.3, -0.25) is 9.48 Å². The molecule has 0 aliphatic carbocycles. The molecule has 94 valence electrons. The van der Waals surface area contributed by atoms with Gasteiger partial charge < -0.3 is 5.11 Å². The van der Waals surface area contributed by atoms with E-state index in [1.54, 1.807) is 23.1 Å². The summed E-state index contributed by atoms with van der Waals surface area (Å²) < 4.78 is 14.7. The van der Waals surface area contributed by atoms with Gasteiger partial charge in [0.25, 0.3) is 0 Å². The number of aryl methyl sites for hydroxylation is 1. The zero-order chi connectivity index (χ0) is 13.0. The highest BCUT2D eigenvalue weighted by atomic mass is 19.1. The van der Waals surface area contributed by atoms with Crippen molar-refractivity contribution in [3.8, 4) is 0 Å². The molecule has 4 nitrogen and oxygen atoms in total. The SMILES string of the molecule is O=C(O)CCc1cnn(Cc2cccc(F)c2)c1. The number of aromatic nitrogens is 2. The van der Waals surface area contributed by atoms with E-state index < -0.39 is 5.97 Å². The Balaban J connectivity index is 2.00. The van der Waals surface area contributed by atoms with Crippen LogP contribution in [-0.2, 0) is 17.8 Å². The Labute approximate surface area is 104 Å². The smallest absolute Gasteiger partial charge is 0.303 e. The molecule has 0 aliphatic rings. The molecule has 0 unspecified atom stereocenters. The second-order valence-corrected chi connectivity index (χ2v) is 4.07. The molecule has 18 heavy (non-hydrogen) atoms. The number of carboxylic acids is 1. The van der Waals surface area contributed by atoms with Crippen LogP contribution in [0.5, 0.6) is 0 Å². The van der Waals surface area contributed by atoms with Crippen LogP contribution in [0.15, 0.2) is 36.7 Å². The standard InChI is InChI=1S/C13H13FN2O2/c14-12-3-1-2-10(6-12)8-16-9-11(7-15-16)4-5-13(17)18/h1-3,6-7,9H,4-5,8H2,(H,17,18). The number of carbonyl (C=O) groups is 1. The van der Waals surface area contributed by atoms with Crippen LogP contribution in [0.1, 0.15) is 17.5 Å². The fourth-order valence-corrected chi connectivity index (χ4v) is 1.70. The van der Waals surface area contributed by atoms with E-state index >= 15 is 0 Å². The highest BCUT2D eigenvalue weighted by Gasteiger charge is 2.03. The maximum atomic E-state index is 13.0. The van der Waals surface area contributed by atoms with E-state index in [9.17, 15) is 9.18 Å². The molecule has 2 rings (SSSR count). The molecule has 0 spiro atoms. The van der Waals surface area contributed by atoms with E-state index in [-0.39, 0.29) is 12.2 Å². The molecule has 0 radical (unpaired) electrons. The molecule has 1 heterocycles. The van der Waals surface area contributed by atoms with Crippen molar-refractivity contribution in [2.75, 3.05) is 0 Å². The predicted octanol–water partition coefficient (Wildman–Crippen LogP) is 2.09. The van der Waals surface area contributed by atoms with E-state index in [1.807, 2.05) is 6.07 Å². The van der Waals surface area contributed by atoms with Crippen LogP contribution in [0, 0.1) is 5.82 Å². The van der Waals surface area contributed by atoms with Crippen LogP contribution < -0.4 is 0 Å². The molecular weight excluding hydrogens is 235 g/mol. The van der Waals surface area contributed by atoms with Crippen LogP contribution in [0.3, 0.4) is 0 Å². The highest BCUT2D eigenvalue weighted by Crippen LogP contribution is 2.07. The summed E-state index contributed by atoms with van der Waals surface area (Å²) in [7, 11) is 0. The molecule has 0 bridgehead atoms. The maximum absolute atomic E-state index is 13.0. The van der Waals surface area contributed by atoms with Gasteiger partial charge in [-0.15, -0.1) is 0 Å². The van der Waals surface area contributed by atoms with Gasteiger partial charge in [-0.05, 0) is 29.7 Å². The first-order chi connectivity index (χ1) is 8.63. The number of rotatable bonds is 5. The summed E-state index contributed by atoms with van der Waals surface area (Å²) in [5.74, 6) is -1.10. The lowest BCUT2D eigenvalue weighted by Gasteiger charge is -2.01. The van der Waals surface area contributed by atoms with E-state index in [0.717, 1.165) is 11.1 Å². The van der Waals surface area contributed by atoms with Crippen molar-refractivity contribution in [2.24, 2.45) is 0 Å². The van der Waals surface area contributed by atoms with Crippen LogP contribution in [0.25, 0.3) is 0 Å². The number of carboxylic acid groups (broad SMARTS) is 1. The Morgan fingerprint density at radius 3 is 2.94 bits per heavy atom. The van der Waals surface area contributed by atoms with Gasteiger partial charge in [0.2, 0.25) is 0 Å². The van der Waals surface area contributed by atoms with Gasteiger partial charge in [0.05, 0.1) is 12.7 Å². The normalized spacial score (nSPS) is 10.5. The minimum atomic E-state index is -0.826. The minimum Gasteiger partial charge on any atom is -0.481 e. The summed E-state index contributed by atoms with van der Waals surface area (Å²) in [6, 6.07) is 6.32. The summed E-state index contributed by atoms with van der Waals surface area (Å²) in [5, 5.41) is 12.7. The predicted molar refractivity (Wildman–Crippen MR) is 63.7 cm³/mol. The lowest BCUT2D eigenvalue weighted by atomic mass is 10.2. The first-order valence-corrected chi connectivity index (χ1v) is 5.61. The number of halogens is 1. The fourth-order valence-electron chi connectivity index (χ4n) is 1.70. The zero-order valence-corrected chi connectivity index (χ0v) is 9.71. The minimum absolute atomic E-state index is 0.0889.